The number of nitrogens with zero attached hydrogens (tertiary/aromatic N) is 1. The summed E-state index contributed by atoms with van der Waals surface area (Å²) in [6, 6.07) is 9.14. The maximum absolute atomic E-state index is 6.09. The van der Waals surface area contributed by atoms with E-state index in [1.165, 1.54) is 0 Å². The highest BCUT2D eigenvalue weighted by molar-refractivity contribution is 6.43. The lowest BCUT2D eigenvalue weighted by Gasteiger charge is -2.11. The Labute approximate surface area is 110 Å². The predicted octanol–water partition coefficient (Wildman–Crippen LogP) is 3.59. The lowest BCUT2D eigenvalue weighted by molar-refractivity contribution is 1.05. The van der Waals surface area contributed by atoms with Gasteiger partial charge in [-0.15, -0.1) is 0 Å². The highest BCUT2D eigenvalue weighted by Crippen LogP contribution is 2.31. The van der Waals surface area contributed by atoms with Crippen molar-refractivity contribution in [3.63, 3.8) is 0 Å². The van der Waals surface area contributed by atoms with E-state index < -0.39 is 0 Å². The van der Waals surface area contributed by atoms with E-state index in [4.69, 9.17) is 28.9 Å². The third-order valence-corrected chi connectivity index (χ3v) is 3.13. The van der Waals surface area contributed by atoms with Crippen molar-refractivity contribution in [2.75, 3.05) is 5.32 Å². The Morgan fingerprint density at radius 2 is 2.00 bits per heavy atom. The molecule has 2 rings (SSSR count). The molecule has 0 fully saturated rings. The number of nitrogens with one attached hydrogen (secondary N) is 1. The molecule has 0 atom stereocenters. The van der Waals surface area contributed by atoms with Crippen molar-refractivity contribution >= 4 is 34.7 Å². The summed E-state index contributed by atoms with van der Waals surface area (Å²) < 4.78 is 0. The minimum absolute atomic E-state index is 0.411. The van der Waals surface area contributed by atoms with E-state index >= 15 is 0 Å². The number of halogens is 2. The molecule has 0 spiro atoms. The van der Waals surface area contributed by atoms with Crippen LogP contribution >= 0.6 is 23.2 Å². The van der Waals surface area contributed by atoms with Gasteiger partial charge in [0.15, 0.2) is 0 Å². The monoisotopic (exact) mass is 267 g/mol. The molecule has 1 heterocycles. The molecule has 0 saturated carbocycles. The minimum atomic E-state index is 0.411. The van der Waals surface area contributed by atoms with Gasteiger partial charge < -0.3 is 11.1 Å². The van der Waals surface area contributed by atoms with Gasteiger partial charge in [0.25, 0.3) is 0 Å². The second-order valence-electron chi connectivity index (χ2n) is 3.44. The number of pyridine rings is 1. The van der Waals surface area contributed by atoms with Gasteiger partial charge in [-0.2, -0.15) is 0 Å². The van der Waals surface area contributed by atoms with E-state index in [0.29, 0.717) is 28.1 Å². The van der Waals surface area contributed by atoms with Crippen molar-refractivity contribution in [1.29, 1.82) is 0 Å². The Hall–Kier alpha value is -1.29. The van der Waals surface area contributed by atoms with E-state index in [0.717, 1.165) is 5.56 Å². The summed E-state index contributed by atoms with van der Waals surface area (Å²) in [4.78, 5) is 4.22. The standard InChI is InChI=1S/C12H11Cl2N3/c13-9-4-1-5-10(11(9)14)17-12-8(7-15)3-2-6-16-12/h1-6H,7,15H2,(H,16,17). The van der Waals surface area contributed by atoms with Crippen molar-refractivity contribution in [2.24, 2.45) is 5.73 Å². The summed E-state index contributed by atoms with van der Waals surface area (Å²) >= 11 is 12.0. The first-order valence-corrected chi connectivity index (χ1v) is 5.83. The first-order chi connectivity index (χ1) is 8.22. The van der Waals surface area contributed by atoms with Crippen molar-refractivity contribution < 1.29 is 0 Å². The summed E-state index contributed by atoms with van der Waals surface area (Å²) in [6.45, 7) is 0.411. The number of benzene rings is 1. The fraction of sp³-hybridized carbons (Fsp3) is 0.0833. The van der Waals surface area contributed by atoms with Crippen LogP contribution in [0, 0.1) is 0 Å². The van der Waals surface area contributed by atoms with Crippen molar-refractivity contribution in [3.8, 4) is 0 Å². The summed E-state index contributed by atoms with van der Waals surface area (Å²) in [7, 11) is 0. The van der Waals surface area contributed by atoms with E-state index in [1.807, 2.05) is 24.3 Å². The van der Waals surface area contributed by atoms with Gasteiger partial charge in [0.1, 0.15) is 5.82 Å². The first kappa shape index (κ1) is 12.2. The Bertz CT molecular complexity index is 529. The topological polar surface area (TPSA) is 50.9 Å². The van der Waals surface area contributed by atoms with Crippen LogP contribution in [-0.2, 0) is 6.54 Å². The molecule has 17 heavy (non-hydrogen) atoms. The number of nitrogens with two attached hydrogens (primary N) is 1. The normalized spacial score (nSPS) is 10.3. The van der Waals surface area contributed by atoms with Crippen LogP contribution in [0.3, 0.4) is 0 Å². The van der Waals surface area contributed by atoms with Crippen LogP contribution < -0.4 is 11.1 Å². The van der Waals surface area contributed by atoms with Crippen LogP contribution in [0.2, 0.25) is 10.0 Å². The quantitative estimate of drug-likeness (QED) is 0.894. The van der Waals surface area contributed by atoms with Crippen LogP contribution in [-0.4, -0.2) is 4.98 Å². The molecule has 5 heteroatoms. The summed E-state index contributed by atoms with van der Waals surface area (Å²) in [5.41, 5.74) is 7.27. The van der Waals surface area contributed by atoms with Gasteiger partial charge in [-0.25, -0.2) is 4.98 Å². The Morgan fingerprint density at radius 1 is 1.18 bits per heavy atom. The Kier molecular flexibility index (Phi) is 3.84. The zero-order valence-electron chi connectivity index (χ0n) is 8.95. The molecule has 0 radical (unpaired) electrons. The molecule has 0 bridgehead atoms. The fourth-order valence-electron chi connectivity index (χ4n) is 1.44. The number of anilines is 2. The van der Waals surface area contributed by atoms with Crippen molar-refractivity contribution in [3.05, 3.63) is 52.1 Å². The second-order valence-corrected chi connectivity index (χ2v) is 4.23. The molecular weight excluding hydrogens is 257 g/mol. The van der Waals surface area contributed by atoms with Gasteiger partial charge in [0.05, 0.1) is 15.7 Å². The van der Waals surface area contributed by atoms with Crippen LogP contribution in [0.25, 0.3) is 0 Å². The van der Waals surface area contributed by atoms with Gasteiger partial charge in [-0.3, -0.25) is 0 Å². The highest BCUT2D eigenvalue weighted by atomic mass is 35.5. The van der Waals surface area contributed by atoms with Gasteiger partial charge in [0.2, 0.25) is 0 Å². The molecule has 0 aliphatic carbocycles. The lowest BCUT2D eigenvalue weighted by Crippen LogP contribution is -2.03. The second kappa shape index (κ2) is 5.36. The van der Waals surface area contributed by atoms with Gasteiger partial charge in [-0.05, 0) is 18.2 Å². The van der Waals surface area contributed by atoms with Crippen LogP contribution in [0.1, 0.15) is 5.56 Å². The lowest BCUT2D eigenvalue weighted by atomic mass is 10.2. The molecule has 1 aromatic carbocycles. The number of rotatable bonds is 3. The first-order valence-electron chi connectivity index (χ1n) is 5.07. The van der Waals surface area contributed by atoms with Crippen LogP contribution in [0.15, 0.2) is 36.5 Å². The molecule has 0 unspecified atom stereocenters. The smallest absolute Gasteiger partial charge is 0.134 e. The SMILES string of the molecule is NCc1cccnc1Nc1cccc(Cl)c1Cl. The minimum Gasteiger partial charge on any atom is -0.339 e. The van der Waals surface area contributed by atoms with Crippen LogP contribution in [0.4, 0.5) is 11.5 Å². The van der Waals surface area contributed by atoms with Gasteiger partial charge >= 0.3 is 0 Å². The van der Waals surface area contributed by atoms with E-state index in [1.54, 1.807) is 12.3 Å². The molecular formula is C12H11Cl2N3. The van der Waals surface area contributed by atoms with Crippen LogP contribution in [0.5, 0.6) is 0 Å². The molecule has 88 valence electrons. The van der Waals surface area contributed by atoms with E-state index in [2.05, 4.69) is 10.3 Å². The summed E-state index contributed by atoms with van der Waals surface area (Å²) in [5.74, 6) is 0.694. The average Bonchev–Trinajstić information content (AvgIpc) is 2.35. The predicted molar refractivity (Wildman–Crippen MR) is 71.9 cm³/mol. The zero-order valence-corrected chi connectivity index (χ0v) is 10.5. The Morgan fingerprint density at radius 3 is 2.76 bits per heavy atom. The summed E-state index contributed by atoms with van der Waals surface area (Å²) in [6.07, 6.45) is 1.69. The average molecular weight is 268 g/mol. The molecule has 3 nitrogen and oxygen atoms in total. The molecule has 2 aromatic rings. The van der Waals surface area contributed by atoms with Gasteiger partial charge in [-0.1, -0.05) is 35.3 Å². The summed E-state index contributed by atoms with van der Waals surface area (Å²) in [5, 5.41) is 4.10. The third-order valence-electron chi connectivity index (χ3n) is 2.32. The molecule has 3 N–H and O–H groups in total. The molecule has 0 aliphatic rings. The van der Waals surface area contributed by atoms with Crippen molar-refractivity contribution in [1.82, 2.24) is 4.98 Å². The molecule has 0 aliphatic heterocycles. The number of aromatic nitrogens is 1. The third kappa shape index (κ3) is 2.69. The largest absolute Gasteiger partial charge is 0.339 e. The van der Waals surface area contributed by atoms with Gasteiger partial charge in [0, 0.05) is 18.3 Å². The fourth-order valence-corrected chi connectivity index (χ4v) is 1.79. The molecule has 0 saturated heterocycles. The Balaban J connectivity index is 2.35. The highest BCUT2D eigenvalue weighted by Gasteiger charge is 2.07. The van der Waals surface area contributed by atoms with Crippen molar-refractivity contribution in [2.45, 2.75) is 6.54 Å². The maximum Gasteiger partial charge on any atom is 0.134 e. The maximum atomic E-state index is 6.09. The number of hydrogen-bond donors (Lipinski definition) is 2. The molecule has 1 aromatic heterocycles. The zero-order chi connectivity index (χ0) is 12.3. The van der Waals surface area contributed by atoms with E-state index in [-0.39, 0.29) is 0 Å². The molecule has 0 amide bonds. The van der Waals surface area contributed by atoms with E-state index in [9.17, 15) is 0 Å². The number of hydrogen-bond acceptors (Lipinski definition) is 3.